The van der Waals surface area contributed by atoms with Gasteiger partial charge in [-0.1, -0.05) is 18.2 Å². The lowest BCUT2D eigenvalue weighted by Crippen LogP contribution is -2.40. The minimum atomic E-state index is -0.464. The van der Waals surface area contributed by atoms with Crippen LogP contribution in [-0.4, -0.2) is 34.9 Å². The molecule has 1 aromatic heterocycles. The standard InChI is InChI=1S/C18H24N4O3/c1-5-25-17(23)11-19-18(24)21-13(3)15-10-20-22(14(15)4)16-9-7-6-8-12(16)2/h6-10,13H,5,11H2,1-4H3,(H2,19,21,24)/t13-/m0/s1. The molecule has 0 aliphatic rings. The van der Waals surface area contributed by atoms with Crippen molar-refractivity contribution in [1.82, 2.24) is 20.4 Å². The van der Waals surface area contributed by atoms with Crippen molar-refractivity contribution in [3.8, 4) is 5.69 Å². The van der Waals surface area contributed by atoms with Crippen molar-refractivity contribution >= 4 is 12.0 Å². The number of ether oxygens (including phenoxy) is 1. The number of hydrogen-bond donors (Lipinski definition) is 2. The van der Waals surface area contributed by atoms with E-state index in [1.807, 2.05) is 49.7 Å². The molecule has 0 radical (unpaired) electrons. The Morgan fingerprint density at radius 3 is 2.68 bits per heavy atom. The van der Waals surface area contributed by atoms with E-state index in [-0.39, 0.29) is 19.2 Å². The van der Waals surface area contributed by atoms with Gasteiger partial charge in [0.15, 0.2) is 0 Å². The van der Waals surface area contributed by atoms with Crippen LogP contribution in [0.3, 0.4) is 0 Å². The summed E-state index contributed by atoms with van der Waals surface area (Å²) in [5.74, 6) is -0.464. The van der Waals surface area contributed by atoms with Crippen LogP contribution in [0.5, 0.6) is 0 Å². The molecule has 7 nitrogen and oxygen atoms in total. The van der Waals surface area contributed by atoms with Gasteiger partial charge in [0.25, 0.3) is 0 Å². The molecule has 2 aromatic rings. The molecule has 0 aliphatic heterocycles. The lowest BCUT2D eigenvalue weighted by Gasteiger charge is -2.15. The van der Waals surface area contributed by atoms with E-state index in [1.54, 1.807) is 13.1 Å². The van der Waals surface area contributed by atoms with Crippen molar-refractivity contribution in [2.75, 3.05) is 13.2 Å². The summed E-state index contributed by atoms with van der Waals surface area (Å²) in [5.41, 5.74) is 3.99. The maximum absolute atomic E-state index is 11.9. The lowest BCUT2D eigenvalue weighted by molar-refractivity contribution is -0.141. The van der Waals surface area contributed by atoms with E-state index < -0.39 is 12.0 Å². The fourth-order valence-corrected chi connectivity index (χ4v) is 2.58. The highest BCUT2D eigenvalue weighted by Crippen LogP contribution is 2.21. The molecule has 7 heteroatoms. The van der Waals surface area contributed by atoms with Crippen LogP contribution in [0.15, 0.2) is 30.5 Å². The average Bonchev–Trinajstić information content (AvgIpc) is 2.95. The number of carbonyl (C=O) groups excluding carboxylic acids is 2. The predicted molar refractivity (Wildman–Crippen MR) is 94.6 cm³/mol. The van der Waals surface area contributed by atoms with Gasteiger partial charge in [-0.15, -0.1) is 0 Å². The molecule has 1 atom stereocenters. The van der Waals surface area contributed by atoms with Gasteiger partial charge < -0.3 is 15.4 Å². The van der Waals surface area contributed by atoms with E-state index in [0.717, 1.165) is 22.5 Å². The second-order valence-electron chi connectivity index (χ2n) is 5.74. The summed E-state index contributed by atoms with van der Waals surface area (Å²) >= 11 is 0. The summed E-state index contributed by atoms with van der Waals surface area (Å²) < 4.78 is 6.63. The summed E-state index contributed by atoms with van der Waals surface area (Å²) in [6.07, 6.45) is 1.75. The largest absolute Gasteiger partial charge is 0.465 e. The van der Waals surface area contributed by atoms with Crippen LogP contribution in [0.4, 0.5) is 4.79 Å². The van der Waals surface area contributed by atoms with Crippen LogP contribution < -0.4 is 10.6 Å². The SMILES string of the molecule is CCOC(=O)CNC(=O)N[C@@H](C)c1cnn(-c2ccccc2C)c1C. The smallest absolute Gasteiger partial charge is 0.325 e. The Balaban J connectivity index is 2.03. The molecule has 0 bridgehead atoms. The zero-order chi connectivity index (χ0) is 18.4. The third-order valence-electron chi connectivity index (χ3n) is 3.90. The molecule has 2 rings (SSSR count). The highest BCUT2D eigenvalue weighted by atomic mass is 16.5. The number of carbonyl (C=O) groups is 2. The first-order valence-corrected chi connectivity index (χ1v) is 8.24. The Kier molecular flexibility index (Phi) is 6.16. The molecular weight excluding hydrogens is 320 g/mol. The molecule has 2 N–H and O–H groups in total. The number of esters is 1. The summed E-state index contributed by atoms with van der Waals surface area (Å²) in [4.78, 5) is 23.2. The van der Waals surface area contributed by atoms with Crippen LogP contribution in [0.1, 0.15) is 36.7 Å². The van der Waals surface area contributed by atoms with Crippen LogP contribution in [0.2, 0.25) is 0 Å². The van der Waals surface area contributed by atoms with Crippen molar-refractivity contribution in [2.24, 2.45) is 0 Å². The van der Waals surface area contributed by atoms with Gasteiger partial charge in [0.05, 0.1) is 24.5 Å². The monoisotopic (exact) mass is 344 g/mol. The maximum atomic E-state index is 11.9. The number of amides is 2. The first-order chi connectivity index (χ1) is 11.9. The van der Waals surface area contributed by atoms with Crippen LogP contribution in [0.25, 0.3) is 5.69 Å². The molecular formula is C18H24N4O3. The Morgan fingerprint density at radius 1 is 1.28 bits per heavy atom. The van der Waals surface area contributed by atoms with Gasteiger partial charge in [-0.3, -0.25) is 4.79 Å². The number of rotatable bonds is 6. The number of aryl methyl sites for hydroxylation is 1. The molecule has 1 heterocycles. The average molecular weight is 344 g/mol. The second-order valence-corrected chi connectivity index (χ2v) is 5.74. The van der Waals surface area contributed by atoms with Crippen molar-refractivity contribution in [3.63, 3.8) is 0 Å². The van der Waals surface area contributed by atoms with E-state index in [4.69, 9.17) is 4.74 Å². The summed E-state index contributed by atoms with van der Waals surface area (Å²) in [6, 6.07) is 7.30. The van der Waals surface area contributed by atoms with Gasteiger partial charge in [0.2, 0.25) is 0 Å². The zero-order valence-corrected chi connectivity index (χ0v) is 15.0. The first kappa shape index (κ1) is 18.5. The number of benzene rings is 1. The Labute approximate surface area is 147 Å². The second kappa shape index (κ2) is 8.32. The van der Waals surface area contributed by atoms with Gasteiger partial charge >= 0.3 is 12.0 Å². The van der Waals surface area contributed by atoms with Crippen molar-refractivity contribution in [2.45, 2.75) is 33.7 Å². The minimum Gasteiger partial charge on any atom is -0.465 e. The van der Waals surface area contributed by atoms with E-state index in [2.05, 4.69) is 15.7 Å². The predicted octanol–water partition coefficient (Wildman–Crippen LogP) is 2.41. The highest BCUT2D eigenvalue weighted by molar-refractivity contribution is 5.81. The molecule has 0 fully saturated rings. The van der Waals surface area contributed by atoms with Crippen LogP contribution in [0, 0.1) is 13.8 Å². The fourth-order valence-electron chi connectivity index (χ4n) is 2.58. The lowest BCUT2D eigenvalue weighted by atomic mass is 10.1. The van der Waals surface area contributed by atoms with E-state index >= 15 is 0 Å². The zero-order valence-electron chi connectivity index (χ0n) is 15.0. The molecule has 0 spiro atoms. The van der Waals surface area contributed by atoms with Gasteiger partial charge in [-0.25, -0.2) is 9.48 Å². The number of nitrogens with one attached hydrogen (secondary N) is 2. The number of aromatic nitrogens is 2. The van der Waals surface area contributed by atoms with Gasteiger partial charge in [-0.05, 0) is 39.3 Å². The van der Waals surface area contributed by atoms with Crippen molar-refractivity contribution in [3.05, 3.63) is 47.3 Å². The van der Waals surface area contributed by atoms with Crippen molar-refractivity contribution in [1.29, 1.82) is 0 Å². The Morgan fingerprint density at radius 2 is 2.00 bits per heavy atom. The Hall–Kier alpha value is -2.83. The number of nitrogens with zero attached hydrogens (tertiary/aromatic N) is 2. The molecule has 2 amide bonds. The van der Waals surface area contributed by atoms with Crippen LogP contribution >= 0.6 is 0 Å². The summed E-state index contributed by atoms with van der Waals surface area (Å²) in [5, 5.41) is 9.73. The summed E-state index contributed by atoms with van der Waals surface area (Å²) in [6.45, 7) is 7.71. The quantitative estimate of drug-likeness (QED) is 0.788. The van der Waals surface area contributed by atoms with E-state index in [0.29, 0.717) is 0 Å². The van der Waals surface area contributed by atoms with E-state index in [9.17, 15) is 9.59 Å². The minimum absolute atomic E-state index is 0.159. The molecule has 25 heavy (non-hydrogen) atoms. The molecule has 1 aromatic carbocycles. The van der Waals surface area contributed by atoms with Crippen LogP contribution in [-0.2, 0) is 9.53 Å². The fraction of sp³-hybridized carbons (Fsp3) is 0.389. The Bertz CT molecular complexity index is 755. The molecule has 0 unspecified atom stereocenters. The molecule has 0 saturated heterocycles. The number of urea groups is 1. The molecule has 134 valence electrons. The summed E-state index contributed by atoms with van der Waals surface area (Å²) in [7, 11) is 0. The normalized spacial score (nSPS) is 11.7. The maximum Gasteiger partial charge on any atom is 0.325 e. The van der Waals surface area contributed by atoms with Gasteiger partial charge in [-0.2, -0.15) is 5.10 Å². The third-order valence-corrected chi connectivity index (χ3v) is 3.90. The topological polar surface area (TPSA) is 85.2 Å². The van der Waals surface area contributed by atoms with E-state index in [1.165, 1.54) is 0 Å². The number of hydrogen-bond acceptors (Lipinski definition) is 4. The van der Waals surface area contributed by atoms with Crippen molar-refractivity contribution < 1.29 is 14.3 Å². The molecule has 0 aliphatic carbocycles. The molecule has 0 saturated carbocycles. The van der Waals surface area contributed by atoms with Gasteiger partial charge in [0, 0.05) is 11.3 Å². The number of para-hydroxylation sites is 1. The third kappa shape index (κ3) is 4.59. The first-order valence-electron chi connectivity index (χ1n) is 8.24. The highest BCUT2D eigenvalue weighted by Gasteiger charge is 2.17. The van der Waals surface area contributed by atoms with Gasteiger partial charge in [0.1, 0.15) is 6.54 Å².